The minimum Gasteiger partial charge on any atom is -0.397 e. The van der Waals surface area contributed by atoms with E-state index in [0.717, 1.165) is 44.0 Å². The molecule has 5 rings (SSSR count). The molecule has 1 aromatic heterocycles. The molecule has 0 aliphatic carbocycles. The van der Waals surface area contributed by atoms with E-state index in [4.69, 9.17) is 5.73 Å². The molecule has 1 aliphatic heterocycles. The highest BCUT2D eigenvalue weighted by Crippen LogP contribution is 2.24. The number of nitrogens with zero attached hydrogens (tertiary/aromatic N) is 3. The summed E-state index contributed by atoms with van der Waals surface area (Å²) in [6.45, 7) is 7.33. The SMILES string of the molecule is CCN1CCN(c2ccc(C(=O)Nc3cc(-c4cccc(C(=O)Nc5ccccc5N)c4)[nH]n3)cc2)CC1. The average molecular weight is 510 g/mol. The number of amides is 2. The van der Waals surface area contributed by atoms with E-state index >= 15 is 0 Å². The van der Waals surface area contributed by atoms with Crippen LogP contribution in [0.1, 0.15) is 27.6 Å². The van der Waals surface area contributed by atoms with Crippen molar-refractivity contribution in [1.29, 1.82) is 0 Å². The molecular weight excluding hydrogens is 478 g/mol. The van der Waals surface area contributed by atoms with Crippen molar-refractivity contribution >= 4 is 34.7 Å². The molecule has 5 N–H and O–H groups in total. The van der Waals surface area contributed by atoms with E-state index in [0.29, 0.717) is 34.0 Å². The Morgan fingerprint density at radius 3 is 2.34 bits per heavy atom. The van der Waals surface area contributed by atoms with Gasteiger partial charge in [-0.15, -0.1) is 0 Å². The van der Waals surface area contributed by atoms with E-state index in [1.54, 1.807) is 36.4 Å². The number of nitrogens with two attached hydrogens (primary N) is 1. The molecule has 2 amide bonds. The topological polar surface area (TPSA) is 119 Å². The second-order valence-corrected chi connectivity index (χ2v) is 9.21. The van der Waals surface area contributed by atoms with Crippen molar-refractivity contribution in [2.45, 2.75) is 6.92 Å². The van der Waals surface area contributed by atoms with E-state index in [1.807, 2.05) is 42.5 Å². The molecule has 0 saturated carbocycles. The van der Waals surface area contributed by atoms with Crippen LogP contribution in [-0.2, 0) is 0 Å². The van der Waals surface area contributed by atoms with Gasteiger partial charge >= 0.3 is 0 Å². The quantitative estimate of drug-likeness (QED) is 0.276. The number of piperazine rings is 1. The molecule has 9 nitrogen and oxygen atoms in total. The third-order valence-electron chi connectivity index (χ3n) is 6.78. The fraction of sp³-hybridized carbons (Fsp3) is 0.207. The molecular formula is C29H31N7O2. The number of H-pyrrole nitrogens is 1. The summed E-state index contributed by atoms with van der Waals surface area (Å²) in [5.41, 5.74) is 10.6. The van der Waals surface area contributed by atoms with Crippen LogP contribution in [0.25, 0.3) is 11.3 Å². The van der Waals surface area contributed by atoms with Gasteiger partial charge in [-0.3, -0.25) is 14.7 Å². The zero-order valence-electron chi connectivity index (χ0n) is 21.3. The van der Waals surface area contributed by atoms with Crippen LogP contribution in [0.3, 0.4) is 0 Å². The number of rotatable bonds is 7. The summed E-state index contributed by atoms with van der Waals surface area (Å²) in [6.07, 6.45) is 0. The van der Waals surface area contributed by atoms with Gasteiger partial charge in [-0.2, -0.15) is 5.10 Å². The monoisotopic (exact) mass is 509 g/mol. The van der Waals surface area contributed by atoms with Crippen molar-refractivity contribution in [3.05, 3.63) is 90.0 Å². The van der Waals surface area contributed by atoms with Crippen LogP contribution in [0.15, 0.2) is 78.9 Å². The zero-order valence-corrected chi connectivity index (χ0v) is 21.3. The highest BCUT2D eigenvalue weighted by Gasteiger charge is 2.17. The largest absolute Gasteiger partial charge is 0.397 e. The average Bonchev–Trinajstić information content (AvgIpc) is 3.43. The van der Waals surface area contributed by atoms with Gasteiger partial charge in [0, 0.05) is 54.6 Å². The molecule has 9 heteroatoms. The Balaban J connectivity index is 1.22. The number of nitrogens with one attached hydrogen (secondary N) is 3. The van der Waals surface area contributed by atoms with Crippen LogP contribution >= 0.6 is 0 Å². The molecule has 0 bridgehead atoms. The minimum absolute atomic E-state index is 0.237. The van der Waals surface area contributed by atoms with Crippen LogP contribution in [0.5, 0.6) is 0 Å². The van der Waals surface area contributed by atoms with Gasteiger partial charge in [-0.05, 0) is 55.1 Å². The number of carbonyl (C=O) groups is 2. The number of nitrogen functional groups attached to an aromatic ring is 1. The zero-order chi connectivity index (χ0) is 26.5. The predicted octanol–water partition coefficient (Wildman–Crippen LogP) is 4.31. The molecule has 38 heavy (non-hydrogen) atoms. The van der Waals surface area contributed by atoms with Crippen molar-refractivity contribution in [3.63, 3.8) is 0 Å². The summed E-state index contributed by atoms with van der Waals surface area (Å²) in [4.78, 5) is 30.4. The highest BCUT2D eigenvalue weighted by atomic mass is 16.2. The van der Waals surface area contributed by atoms with E-state index in [1.165, 1.54) is 0 Å². The molecule has 0 unspecified atom stereocenters. The van der Waals surface area contributed by atoms with Gasteiger partial charge in [0.25, 0.3) is 11.8 Å². The van der Waals surface area contributed by atoms with Gasteiger partial charge in [0.1, 0.15) is 0 Å². The Hall–Kier alpha value is -4.63. The Kier molecular flexibility index (Phi) is 7.37. The number of hydrogen-bond donors (Lipinski definition) is 4. The summed E-state index contributed by atoms with van der Waals surface area (Å²) in [6, 6.07) is 23.7. The van der Waals surface area contributed by atoms with Crippen LogP contribution < -0.4 is 21.3 Å². The number of carbonyl (C=O) groups excluding carboxylic acids is 2. The first kappa shape index (κ1) is 25.0. The number of anilines is 4. The Labute approximate surface area is 221 Å². The third-order valence-corrected chi connectivity index (χ3v) is 6.78. The van der Waals surface area contributed by atoms with E-state index in [-0.39, 0.29) is 11.8 Å². The molecule has 0 atom stereocenters. The van der Waals surface area contributed by atoms with Crippen LogP contribution in [0.2, 0.25) is 0 Å². The maximum absolute atomic E-state index is 12.8. The molecule has 3 aromatic carbocycles. The van der Waals surface area contributed by atoms with Crippen molar-refractivity contribution in [3.8, 4) is 11.3 Å². The normalized spacial score (nSPS) is 13.8. The summed E-state index contributed by atoms with van der Waals surface area (Å²) >= 11 is 0. The first-order valence-electron chi connectivity index (χ1n) is 12.7. The molecule has 2 heterocycles. The maximum Gasteiger partial charge on any atom is 0.256 e. The lowest BCUT2D eigenvalue weighted by Crippen LogP contribution is -2.46. The summed E-state index contributed by atoms with van der Waals surface area (Å²) in [5, 5.41) is 12.8. The van der Waals surface area contributed by atoms with Gasteiger partial charge < -0.3 is 26.2 Å². The van der Waals surface area contributed by atoms with Crippen molar-refractivity contribution in [2.24, 2.45) is 0 Å². The Bertz CT molecular complexity index is 1420. The number of aromatic nitrogens is 2. The van der Waals surface area contributed by atoms with E-state index in [2.05, 4.69) is 37.6 Å². The third kappa shape index (κ3) is 5.68. The van der Waals surface area contributed by atoms with E-state index in [9.17, 15) is 9.59 Å². The number of hydrogen-bond acceptors (Lipinski definition) is 6. The first-order chi connectivity index (χ1) is 18.5. The number of likely N-dealkylation sites (N-methyl/N-ethyl adjacent to an activating group) is 1. The minimum atomic E-state index is -0.270. The Morgan fingerprint density at radius 2 is 1.61 bits per heavy atom. The molecule has 1 fully saturated rings. The molecule has 0 spiro atoms. The first-order valence-corrected chi connectivity index (χ1v) is 12.7. The van der Waals surface area contributed by atoms with Crippen molar-refractivity contribution in [2.75, 3.05) is 54.0 Å². The van der Waals surface area contributed by atoms with Crippen molar-refractivity contribution in [1.82, 2.24) is 15.1 Å². The second kappa shape index (κ2) is 11.2. The number of para-hydroxylation sites is 2. The lowest BCUT2D eigenvalue weighted by molar-refractivity contribution is 0.101. The molecule has 194 valence electrons. The Morgan fingerprint density at radius 1 is 0.868 bits per heavy atom. The van der Waals surface area contributed by atoms with Gasteiger partial charge in [-0.25, -0.2) is 0 Å². The second-order valence-electron chi connectivity index (χ2n) is 9.21. The van der Waals surface area contributed by atoms with Crippen LogP contribution in [-0.4, -0.2) is 59.6 Å². The van der Waals surface area contributed by atoms with Gasteiger partial charge in [-0.1, -0.05) is 31.2 Å². The summed E-state index contributed by atoms with van der Waals surface area (Å²) < 4.78 is 0. The fourth-order valence-corrected chi connectivity index (χ4v) is 4.50. The maximum atomic E-state index is 12.8. The van der Waals surface area contributed by atoms with Crippen LogP contribution in [0, 0.1) is 0 Å². The standard InChI is InChI=1S/C29H31N7O2/c1-2-35-14-16-36(17-15-35)23-12-10-20(11-13-23)28(37)32-27-19-26(33-34-27)21-6-5-7-22(18-21)29(38)31-25-9-4-3-8-24(25)30/h3-13,18-19H,2,14-17,30H2,1H3,(H,31,38)(H2,32,33,34,37). The lowest BCUT2D eigenvalue weighted by atomic mass is 10.1. The van der Waals surface area contributed by atoms with Gasteiger partial charge in [0.2, 0.25) is 0 Å². The van der Waals surface area contributed by atoms with Crippen molar-refractivity contribution < 1.29 is 9.59 Å². The number of aromatic amines is 1. The molecule has 1 saturated heterocycles. The van der Waals surface area contributed by atoms with Crippen LogP contribution in [0.4, 0.5) is 22.9 Å². The summed E-state index contributed by atoms with van der Waals surface area (Å²) in [5.74, 6) is -0.107. The van der Waals surface area contributed by atoms with Gasteiger partial charge in [0.15, 0.2) is 5.82 Å². The molecule has 1 aliphatic rings. The van der Waals surface area contributed by atoms with E-state index < -0.39 is 0 Å². The predicted molar refractivity (Wildman–Crippen MR) is 152 cm³/mol. The fourth-order valence-electron chi connectivity index (χ4n) is 4.50. The highest BCUT2D eigenvalue weighted by molar-refractivity contribution is 6.06. The summed E-state index contributed by atoms with van der Waals surface area (Å²) in [7, 11) is 0. The smallest absolute Gasteiger partial charge is 0.256 e. The molecule has 0 radical (unpaired) electrons. The lowest BCUT2D eigenvalue weighted by Gasteiger charge is -2.35. The molecule has 4 aromatic rings. The van der Waals surface area contributed by atoms with Gasteiger partial charge in [0.05, 0.1) is 17.1 Å². The number of benzene rings is 3.